The summed E-state index contributed by atoms with van der Waals surface area (Å²) in [5.41, 5.74) is 0.873. The zero-order chi connectivity index (χ0) is 12.1. The molecular formula is C12H15N3O2. The maximum absolute atomic E-state index is 5.32. The number of pyridine rings is 1. The Morgan fingerprint density at radius 3 is 3.00 bits per heavy atom. The molecule has 0 fully saturated rings. The fourth-order valence-electron chi connectivity index (χ4n) is 1.42. The van der Waals surface area contributed by atoms with E-state index in [9.17, 15) is 0 Å². The van der Waals surface area contributed by atoms with Crippen molar-refractivity contribution in [2.75, 3.05) is 11.9 Å². The second-order valence-electron chi connectivity index (χ2n) is 3.58. The van der Waals surface area contributed by atoms with Gasteiger partial charge < -0.3 is 14.6 Å². The standard InChI is InChI=1S/C12H15N3O2/c1-3-16-12-6-4-5-11(14-12)13-8-10-7-9(2)15-17-10/h4-7H,3,8H2,1-2H3,(H,13,14). The van der Waals surface area contributed by atoms with Gasteiger partial charge in [-0.2, -0.15) is 4.98 Å². The molecule has 5 nitrogen and oxygen atoms in total. The molecule has 0 unspecified atom stereocenters. The topological polar surface area (TPSA) is 60.2 Å². The van der Waals surface area contributed by atoms with Crippen LogP contribution in [0.5, 0.6) is 5.88 Å². The van der Waals surface area contributed by atoms with Crippen LogP contribution >= 0.6 is 0 Å². The van der Waals surface area contributed by atoms with Crippen molar-refractivity contribution in [3.63, 3.8) is 0 Å². The molecular weight excluding hydrogens is 218 g/mol. The van der Waals surface area contributed by atoms with Gasteiger partial charge in [-0.1, -0.05) is 11.2 Å². The van der Waals surface area contributed by atoms with E-state index < -0.39 is 0 Å². The van der Waals surface area contributed by atoms with E-state index in [1.165, 1.54) is 0 Å². The third-order valence-electron chi connectivity index (χ3n) is 2.14. The molecule has 0 saturated carbocycles. The van der Waals surface area contributed by atoms with Crippen molar-refractivity contribution in [3.05, 3.63) is 35.7 Å². The molecule has 0 bridgehead atoms. The minimum absolute atomic E-state index is 0.559. The molecule has 0 atom stereocenters. The van der Waals surface area contributed by atoms with E-state index in [1.807, 2.05) is 38.1 Å². The summed E-state index contributed by atoms with van der Waals surface area (Å²) in [6.45, 7) is 4.99. The Bertz CT molecular complexity index is 482. The molecule has 0 spiro atoms. The molecule has 90 valence electrons. The lowest BCUT2D eigenvalue weighted by Crippen LogP contribution is -2.02. The molecule has 2 rings (SSSR count). The summed E-state index contributed by atoms with van der Waals surface area (Å²) in [6, 6.07) is 7.49. The lowest BCUT2D eigenvalue weighted by molar-refractivity contribution is 0.327. The molecule has 0 radical (unpaired) electrons. The van der Waals surface area contributed by atoms with E-state index in [0.717, 1.165) is 17.3 Å². The van der Waals surface area contributed by atoms with Gasteiger partial charge in [0.2, 0.25) is 5.88 Å². The lowest BCUT2D eigenvalue weighted by atomic mass is 10.4. The number of nitrogens with zero attached hydrogens (tertiary/aromatic N) is 2. The Kier molecular flexibility index (Phi) is 3.59. The van der Waals surface area contributed by atoms with Crippen LogP contribution in [0.25, 0.3) is 0 Å². The van der Waals surface area contributed by atoms with Gasteiger partial charge in [0.1, 0.15) is 5.82 Å². The highest BCUT2D eigenvalue weighted by molar-refractivity contribution is 5.37. The second kappa shape index (κ2) is 5.34. The van der Waals surface area contributed by atoms with E-state index in [1.54, 1.807) is 0 Å². The highest BCUT2D eigenvalue weighted by Gasteiger charge is 2.02. The van der Waals surface area contributed by atoms with Gasteiger partial charge in [0.25, 0.3) is 0 Å². The van der Waals surface area contributed by atoms with Crippen LogP contribution in [0.1, 0.15) is 18.4 Å². The van der Waals surface area contributed by atoms with E-state index in [0.29, 0.717) is 19.0 Å². The summed E-state index contributed by atoms with van der Waals surface area (Å²) in [4.78, 5) is 4.29. The number of rotatable bonds is 5. The molecule has 0 saturated heterocycles. The number of aryl methyl sites for hydroxylation is 1. The molecule has 2 heterocycles. The van der Waals surface area contributed by atoms with Crippen LogP contribution in [0, 0.1) is 6.92 Å². The van der Waals surface area contributed by atoms with Crippen LogP contribution in [0.3, 0.4) is 0 Å². The molecule has 0 aliphatic carbocycles. The van der Waals surface area contributed by atoms with E-state index in [-0.39, 0.29) is 0 Å². The number of hydrogen-bond donors (Lipinski definition) is 1. The van der Waals surface area contributed by atoms with Gasteiger partial charge in [-0.3, -0.25) is 0 Å². The number of anilines is 1. The number of ether oxygens (including phenoxy) is 1. The van der Waals surface area contributed by atoms with Crippen molar-refractivity contribution in [1.29, 1.82) is 0 Å². The molecule has 17 heavy (non-hydrogen) atoms. The van der Waals surface area contributed by atoms with Crippen molar-refractivity contribution < 1.29 is 9.26 Å². The number of aromatic nitrogens is 2. The maximum atomic E-state index is 5.32. The summed E-state index contributed by atoms with van der Waals surface area (Å²) in [5.74, 6) is 2.15. The first-order valence-electron chi connectivity index (χ1n) is 5.54. The first-order valence-corrected chi connectivity index (χ1v) is 5.54. The summed E-state index contributed by atoms with van der Waals surface area (Å²) in [7, 11) is 0. The Morgan fingerprint density at radius 1 is 1.41 bits per heavy atom. The fourth-order valence-corrected chi connectivity index (χ4v) is 1.42. The fraction of sp³-hybridized carbons (Fsp3) is 0.333. The average Bonchev–Trinajstić information content (AvgIpc) is 2.74. The number of nitrogens with one attached hydrogen (secondary N) is 1. The zero-order valence-electron chi connectivity index (χ0n) is 9.93. The monoisotopic (exact) mass is 233 g/mol. The van der Waals surface area contributed by atoms with Crippen LogP contribution in [0.2, 0.25) is 0 Å². The summed E-state index contributed by atoms with van der Waals surface area (Å²) in [6.07, 6.45) is 0. The lowest BCUT2D eigenvalue weighted by Gasteiger charge is -2.05. The van der Waals surface area contributed by atoms with Crippen LogP contribution < -0.4 is 10.1 Å². The van der Waals surface area contributed by atoms with E-state index in [4.69, 9.17) is 9.26 Å². The third-order valence-corrected chi connectivity index (χ3v) is 2.14. The Morgan fingerprint density at radius 2 is 2.29 bits per heavy atom. The molecule has 0 amide bonds. The largest absolute Gasteiger partial charge is 0.478 e. The average molecular weight is 233 g/mol. The Balaban J connectivity index is 1.96. The minimum Gasteiger partial charge on any atom is -0.478 e. The van der Waals surface area contributed by atoms with Crippen molar-refractivity contribution in [1.82, 2.24) is 10.1 Å². The summed E-state index contributed by atoms with van der Waals surface area (Å²) >= 11 is 0. The predicted octanol–water partition coefficient (Wildman–Crippen LogP) is 2.39. The molecule has 0 aromatic carbocycles. The molecule has 0 aliphatic rings. The third kappa shape index (κ3) is 3.21. The van der Waals surface area contributed by atoms with Gasteiger partial charge in [-0.25, -0.2) is 0 Å². The Labute approximate surface area is 99.8 Å². The van der Waals surface area contributed by atoms with E-state index >= 15 is 0 Å². The summed E-state index contributed by atoms with van der Waals surface area (Å²) in [5, 5.41) is 6.96. The smallest absolute Gasteiger partial charge is 0.215 e. The van der Waals surface area contributed by atoms with Crippen LogP contribution in [0.4, 0.5) is 5.82 Å². The van der Waals surface area contributed by atoms with Gasteiger partial charge in [0.05, 0.1) is 18.8 Å². The van der Waals surface area contributed by atoms with Gasteiger partial charge in [0.15, 0.2) is 5.76 Å². The van der Waals surface area contributed by atoms with Crippen LogP contribution in [-0.2, 0) is 6.54 Å². The highest BCUT2D eigenvalue weighted by Crippen LogP contribution is 2.12. The number of hydrogen-bond acceptors (Lipinski definition) is 5. The van der Waals surface area contributed by atoms with E-state index in [2.05, 4.69) is 15.5 Å². The molecule has 2 aromatic rings. The van der Waals surface area contributed by atoms with Crippen LogP contribution in [-0.4, -0.2) is 16.7 Å². The van der Waals surface area contributed by atoms with Crippen molar-refractivity contribution in [2.45, 2.75) is 20.4 Å². The predicted molar refractivity (Wildman–Crippen MR) is 64.0 cm³/mol. The molecule has 2 aromatic heterocycles. The second-order valence-corrected chi connectivity index (χ2v) is 3.58. The molecule has 5 heteroatoms. The quantitative estimate of drug-likeness (QED) is 0.859. The minimum atomic E-state index is 0.559. The first-order chi connectivity index (χ1) is 8.28. The van der Waals surface area contributed by atoms with Gasteiger partial charge in [0, 0.05) is 12.1 Å². The molecule has 0 aliphatic heterocycles. The van der Waals surface area contributed by atoms with Gasteiger partial charge >= 0.3 is 0 Å². The maximum Gasteiger partial charge on any atom is 0.215 e. The Hall–Kier alpha value is -2.04. The normalized spacial score (nSPS) is 10.2. The highest BCUT2D eigenvalue weighted by atomic mass is 16.5. The van der Waals surface area contributed by atoms with Gasteiger partial charge in [-0.05, 0) is 19.9 Å². The van der Waals surface area contributed by atoms with Crippen molar-refractivity contribution in [2.24, 2.45) is 0 Å². The van der Waals surface area contributed by atoms with Crippen molar-refractivity contribution >= 4 is 5.82 Å². The van der Waals surface area contributed by atoms with Crippen LogP contribution in [0.15, 0.2) is 28.8 Å². The SMILES string of the molecule is CCOc1cccc(NCc2cc(C)no2)n1. The first kappa shape index (κ1) is 11.4. The summed E-state index contributed by atoms with van der Waals surface area (Å²) < 4.78 is 10.4. The van der Waals surface area contributed by atoms with Crippen molar-refractivity contribution in [3.8, 4) is 5.88 Å². The zero-order valence-corrected chi connectivity index (χ0v) is 9.93. The van der Waals surface area contributed by atoms with Gasteiger partial charge in [-0.15, -0.1) is 0 Å². The molecule has 1 N–H and O–H groups in total.